The van der Waals surface area contributed by atoms with Crippen molar-refractivity contribution in [3.63, 3.8) is 0 Å². The lowest BCUT2D eigenvalue weighted by molar-refractivity contribution is -0.124. The van der Waals surface area contributed by atoms with Gasteiger partial charge in [-0.1, -0.05) is 0 Å². The number of nitrogens with zero attached hydrogens (tertiary/aromatic N) is 1. The molecule has 1 aromatic rings. The number of aryl methyl sites for hydroxylation is 1. The third-order valence-electron chi connectivity index (χ3n) is 3.88. The van der Waals surface area contributed by atoms with E-state index in [2.05, 4.69) is 13.1 Å². The van der Waals surface area contributed by atoms with Crippen LogP contribution in [-0.4, -0.2) is 47.7 Å². The Labute approximate surface area is 172 Å². The van der Waals surface area contributed by atoms with Crippen LogP contribution in [-0.2, 0) is 36.4 Å². The van der Waals surface area contributed by atoms with Crippen LogP contribution in [0.2, 0.25) is 0 Å². The van der Waals surface area contributed by atoms with E-state index in [0.29, 0.717) is 0 Å². The lowest BCUT2D eigenvalue weighted by atomic mass is 10.0. The molecular formula is C11H18N3O14P3. The highest BCUT2D eigenvalue weighted by Crippen LogP contribution is 2.66. The van der Waals surface area contributed by atoms with Crippen molar-refractivity contribution < 1.29 is 55.9 Å². The second-order valence-electron chi connectivity index (χ2n) is 6.24. The number of phosphoric acid groups is 3. The van der Waals surface area contributed by atoms with E-state index in [4.69, 9.17) is 25.2 Å². The van der Waals surface area contributed by atoms with Crippen LogP contribution in [0.15, 0.2) is 15.8 Å². The molecule has 0 bridgehead atoms. The first-order chi connectivity index (χ1) is 14.0. The number of amides is 1. The quantitative estimate of drug-likeness (QED) is 0.209. The van der Waals surface area contributed by atoms with E-state index in [1.165, 1.54) is 6.92 Å². The number of aromatic amines is 1. The van der Waals surface area contributed by atoms with Crippen LogP contribution in [0.4, 0.5) is 0 Å². The molecule has 1 fully saturated rings. The lowest BCUT2D eigenvalue weighted by Gasteiger charge is -2.20. The average Bonchev–Trinajstić information content (AvgIpc) is 2.97. The van der Waals surface area contributed by atoms with Crippen molar-refractivity contribution in [3.8, 4) is 0 Å². The molecule has 1 saturated heterocycles. The zero-order valence-electron chi connectivity index (χ0n) is 15.5. The van der Waals surface area contributed by atoms with Crippen LogP contribution >= 0.6 is 23.5 Å². The Hall–Kier alpha value is -1.48. The molecule has 2 rings (SSSR count). The van der Waals surface area contributed by atoms with Gasteiger partial charge in [-0.25, -0.2) is 18.5 Å². The minimum Gasteiger partial charge on any atom is -0.369 e. The Morgan fingerprint density at radius 2 is 1.84 bits per heavy atom. The number of ether oxygens (including phenoxy) is 1. The van der Waals surface area contributed by atoms with Crippen LogP contribution in [0, 0.1) is 12.8 Å². The molecule has 5 atom stereocenters. The van der Waals surface area contributed by atoms with Gasteiger partial charge in [0.1, 0.15) is 6.23 Å². The SMILES string of the molecule is Cc1cn([C@H]2C[C@H](C(N)=O)[C@@H](COP(=O)(O)OP(=O)(O)OP(=O)(O)O)O2)c(=O)[nH]c1=O. The number of primary amides is 1. The van der Waals surface area contributed by atoms with E-state index in [9.17, 15) is 33.0 Å². The molecule has 1 aliphatic heterocycles. The first kappa shape index (κ1) is 25.8. The molecule has 1 amide bonds. The van der Waals surface area contributed by atoms with Crippen LogP contribution in [0.5, 0.6) is 0 Å². The monoisotopic (exact) mass is 509 g/mol. The van der Waals surface area contributed by atoms with E-state index in [1.54, 1.807) is 0 Å². The molecule has 31 heavy (non-hydrogen) atoms. The van der Waals surface area contributed by atoms with Gasteiger partial charge in [-0.05, 0) is 6.92 Å². The van der Waals surface area contributed by atoms with E-state index in [-0.39, 0.29) is 12.0 Å². The van der Waals surface area contributed by atoms with Crippen LogP contribution in [0.3, 0.4) is 0 Å². The number of carbonyl (C=O) groups excluding carboxylic acids is 1. The van der Waals surface area contributed by atoms with Crippen molar-refractivity contribution in [2.75, 3.05) is 6.61 Å². The van der Waals surface area contributed by atoms with Gasteiger partial charge in [0.25, 0.3) is 5.56 Å². The summed E-state index contributed by atoms with van der Waals surface area (Å²) < 4.78 is 51.7. The van der Waals surface area contributed by atoms with Gasteiger partial charge in [-0.15, -0.1) is 0 Å². The van der Waals surface area contributed by atoms with Crippen molar-refractivity contribution in [2.24, 2.45) is 11.7 Å². The van der Waals surface area contributed by atoms with Crippen molar-refractivity contribution in [2.45, 2.75) is 25.7 Å². The average molecular weight is 509 g/mol. The smallest absolute Gasteiger partial charge is 0.369 e. The minimum atomic E-state index is -5.72. The Kier molecular flexibility index (Phi) is 7.63. The van der Waals surface area contributed by atoms with Crippen LogP contribution in [0.1, 0.15) is 18.2 Å². The Morgan fingerprint density at radius 3 is 2.39 bits per heavy atom. The molecule has 0 spiro atoms. The van der Waals surface area contributed by atoms with Gasteiger partial charge >= 0.3 is 29.2 Å². The number of phosphoric ester groups is 1. The fourth-order valence-corrected chi connectivity index (χ4v) is 5.66. The Morgan fingerprint density at radius 1 is 1.23 bits per heavy atom. The van der Waals surface area contributed by atoms with Crippen LogP contribution in [0.25, 0.3) is 0 Å². The molecule has 2 heterocycles. The number of carbonyl (C=O) groups is 1. The number of hydrogen-bond acceptors (Lipinski definition) is 10. The maximum Gasteiger partial charge on any atom is 0.490 e. The highest BCUT2D eigenvalue weighted by atomic mass is 31.3. The standard InChI is InChI=1S/C11H18N3O14P3/c1-5-3-14(11(17)13-10(5)16)8-2-6(9(12)15)7(26-8)4-25-30(21,22)28-31(23,24)27-29(18,19)20/h3,6-8H,2,4H2,1H3,(H2,12,15)(H,21,22)(H,23,24)(H,13,16,17)(H2,18,19,20)/t6-,7+,8+/m0/s1. The second-order valence-corrected chi connectivity index (χ2v) is 10.7. The van der Waals surface area contributed by atoms with E-state index in [0.717, 1.165) is 10.8 Å². The first-order valence-electron chi connectivity index (χ1n) is 8.05. The van der Waals surface area contributed by atoms with Gasteiger partial charge < -0.3 is 30.0 Å². The molecule has 17 nitrogen and oxygen atoms in total. The van der Waals surface area contributed by atoms with Gasteiger partial charge in [0, 0.05) is 18.2 Å². The van der Waals surface area contributed by atoms with Gasteiger partial charge in [-0.2, -0.15) is 8.62 Å². The summed E-state index contributed by atoms with van der Waals surface area (Å²) >= 11 is 0. The summed E-state index contributed by atoms with van der Waals surface area (Å²) in [6.45, 7) is 0.479. The molecule has 0 saturated carbocycles. The van der Waals surface area contributed by atoms with Gasteiger partial charge in [0.2, 0.25) is 5.91 Å². The molecule has 2 unspecified atom stereocenters. The minimum absolute atomic E-state index is 0.149. The molecule has 1 aliphatic rings. The highest BCUT2D eigenvalue weighted by molar-refractivity contribution is 7.66. The maximum absolute atomic E-state index is 12.0. The zero-order valence-corrected chi connectivity index (χ0v) is 18.1. The van der Waals surface area contributed by atoms with Gasteiger partial charge in [-0.3, -0.25) is 23.7 Å². The fourth-order valence-electron chi connectivity index (χ4n) is 2.63. The van der Waals surface area contributed by atoms with Gasteiger partial charge in [0.05, 0.1) is 18.6 Å². The largest absolute Gasteiger partial charge is 0.490 e. The van der Waals surface area contributed by atoms with Gasteiger partial charge in [0.15, 0.2) is 0 Å². The molecule has 0 radical (unpaired) electrons. The third kappa shape index (κ3) is 7.27. The fraction of sp³-hybridized carbons (Fsp3) is 0.545. The molecule has 176 valence electrons. The van der Waals surface area contributed by atoms with Crippen LogP contribution < -0.4 is 17.0 Å². The highest BCUT2D eigenvalue weighted by Gasteiger charge is 2.44. The van der Waals surface area contributed by atoms with Crippen molar-refractivity contribution in [1.82, 2.24) is 9.55 Å². The number of nitrogens with one attached hydrogen (secondary N) is 1. The normalized spacial score (nSPS) is 25.6. The molecule has 1 aromatic heterocycles. The molecule has 0 aromatic carbocycles. The topological polar surface area (TPSA) is 267 Å². The molecule has 0 aliphatic carbocycles. The first-order valence-corrected chi connectivity index (χ1v) is 12.6. The summed E-state index contributed by atoms with van der Waals surface area (Å²) in [5.41, 5.74) is 3.90. The summed E-state index contributed by atoms with van der Waals surface area (Å²) in [4.78, 5) is 72.8. The lowest BCUT2D eigenvalue weighted by Crippen LogP contribution is -2.33. The third-order valence-corrected chi connectivity index (χ3v) is 7.68. The predicted octanol–water partition coefficient (Wildman–Crippen LogP) is -1.42. The Balaban J connectivity index is 2.14. The summed E-state index contributed by atoms with van der Waals surface area (Å²) in [5, 5.41) is 0. The summed E-state index contributed by atoms with van der Waals surface area (Å²) in [6.07, 6.45) is -1.50. The van der Waals surface area contributed by atoms with Crippen molar-refractivity contribution in [3.05, 3.63) is 32.6 Å². The maximum atomic E-state index is 12.0. The number of H-pyrrole nitrogens is 1. The van der Waals surface area contributed by atoms with E-state index < -0.39 is 65.5 Å². The number of rotatable bonds is 9. The second kappa shape index (κ2) is 9.17. The summed E-state index contributed by atoms with van der Waals surface area (Å²) in [6, 6.07) is 0. The Bertz CT molecular complexity index is 1110. The number of hydrogen-bond donors (Lipinski definition) is 6. The van der Waals surface area contributed by atoms with Crippen molar-refractivity contribution in [1.29, 1.82) is 0 Å². The molecular weight excluding hydrogens is 491 g/mol. The summed E-state index contributed by atoms with van der Waals surface area (Å²) in [7, 11) is -16.7. The van der Waals surface area contributed by atoms with Crippen molar-refractivity contribution >= 4 is 29.4 Å². The number of aromatic nitrogens is 2. The molecule has 7 N–H and O–H groups in total. The molecule has 20 heteroatoms. The number of nitrogens with two attached hydrogens (primary N) is 1. The predicted molar refractivity (Wildman–Crippen MR) is 97.1 cm³/mol. The van der Waals surface area contributed by atoms with E-state index in [1.807, 2.05) is 4.98 Å². The van der Waals surface area contributed by atoms with E-state index >= 15 is 0 Å². The summed E-state index contributed by atoms with van der Waals surface area (Å²) in [5.74, 6) is -2.09. The zero-order chi connectivity index (χ0) is 23.8.